The molecule has 2 aliphatic heterocycles. The molecule has 2 aromatic carbocycles. The lowest BCUT2D eigenvalue weighted by Crippen LogP contribution is -2.29. The number of fused-ring (bicyclic) bond motifs is 1. The Bertz CT molecular complexity index is 1330. The van der Waals surface area contributed by atoms with Crippen molar-refractivity contribution in [3.8, 4) is 11.5 Å². The number of aliphatic hydroxyl groups is 1. The number of ether oxygens (including phenoxy) is 2. The highest BCUT2D eigenvalue weighted by atomic mass is 16.5. The molecule has 1 aromatic heterocycles. The van der Waals surface area contributed by atoms with Gasteiger partial charge in [0.05, 0.1) is 18.2 Å². The zero-order chi connectivity index (χ0) is 25.2. The Morgan fingerprint density at radius 2 is 2.03 bits per heavy atom. The second kappa shape index (κ2) is 9.85. The van der Waals surface area contributed by atoms with Crippen molar-refractivity contribution in [1.82, 2.24) is 9.88 Å². The van der Waals surface area contributed by atoms with Gasteiger partial charge in [-0.2, -0.15) is 0 Å². The predicted octanol–water partition coefficient (Wildman–Crippen LogP) is 4.82. The molecule has 7 heteroatoms. The largest absolute Gasteiger partial charge is 0.507 e. The van der Waals surface area contributed by atoms with E-state index in [1.807, 2.05) is 50.2 Å². The Labute approximate surface area is 210 Å². The third-order valence-electron chi connectivity index (χ3n) is 6.43. The van der Waals surface area contributed by atoms with Gasteiger partial charge >= 0.3 is 0 Å². The van der Waals surface area contributed by atoms with Gasteiger partial charge in [-0.3, -0.25) is 14.6 Å². The van der Waals surface area contributed by atoms with E-state index in [0.29, 0.717) is 29.9 Å². The summed E-state index contributed by atoms with van der Waals surface area (Å²) in [4.78, 5) is 32.3. The Morgan fingerprint density at radius 1 is 1.17 bits per heavy atom. The van der Waals surface area contributed by atoms with Crippen LogP contribution < -0.4 is 9.47 Å². The number of pyridine rings is 1. The van der Waals surface area contributed by atoms with Crippen molar-refractivity contribution in [2.24, 2.45) is 0 Å². The molecule has 1 N–H and O–H groups in total. The fraction of sp³-hybridized carbons (Fsp3) is 0.276. The van der Waals surface area contributed by atoms with E-state index >= 15 is 0 Å². The molecule has 0 aliphatic carbocycles. The molecule has 1 saturated heterocycles. The summed E-state index contributed by atoms with van der Waals surface area (Å²) in [5.41, 5.74) is 2.97. The molecule has 7 nitrogen and oxygen atoms in total. The maximum atomic E-state index is 13.4. The monoisotopic (exact) mass is 484 g/mol. The van der Waals surface area contributed by atoms with Crippen LogP contribution in [-0.2, 0) is 22.6 Å². The van der Waals surface area contributed by atoms with Crippen LogP contribution in [-0.4, -0.2) is 39.4 Å². The number of hydrogen-bond donors (Lipinski definition) is 1. The summed E-state index contributed by atoms with van der Waals surface area (Å²) >= 11 is 0. The molecule has 0 unspecified atom stereocenters. The van der Waals surface area contributed by atoms with Crippen LogP contribution in [0.4, 0.5) is 0 Å². The van der Waals surface area contributed by atoms with Crippen LogP contribution in [0.5, 0.6) is 11.5 Å². The number of ketones is 1. The maximum Gasteiger partial charge on any atom is 0.295 e. The second-order valence-electron chi connectivity index (χ2n) is 9.16. The molecule has 0 radical (unpaired) electrons. The summed E-state index contributed by atoms with van der Waals surface area (Å²) in [6.45, 7) is 4.73. The highest BCUT2D eigenvalue weighted by molar-refractivity contribution is 6.46. The van der Waals surface area contributed by atoms with Crippen LogP contribution in [0, 0.1) is 0 Å². The van der Waals surface area contributed by atoms with Gasteiger partial charge in [-0.1, -0.05) is 25.1 Å². The molecule has 36 heavy (non-hydrogen) atoms. The summed E-state index contributed by atoms with van der Waals surface area (Å²) in [6, 6.07) is 15.6. The number of Topliss-reactive ketones (excluding diaryl/α,β-unsaturated/α-hetero) is 1. The smallest absolute Gasteiger partial charge is 0.295 e. The Hall–Kier alpha value is -4.13. The van der Waals surface area contributed by atoms with Crippen molar-refractivity contribution >= 4 is 17.4 Å². The molecular weight excluding hydrogens is 456 g/mol. The third-order valence-corrected chi connectivity index (χ3v) is 6.43. The van der Waals surface area contributed by atoms with Crippen LogP contribution >= 0.6 is 0 Å². The topological polar surface area (TPSA) is 89.0 Å². The van der Waals surface area contributed by atoms with Gasteiger partial charge in [0.2, 0.25) is 0 Å². The molecular formula is C29H28N2O5. The molecule has 184 valence electrons. The predicted molar refractivity (Wildman–Crippen MR) is 135 cm³/mol. The van der Waals surface area contributed by atoms with Crippen molar-refractivity contribution in [1.29, 1.82) is 0 Å². The van der Waals surface area contributed by atoms with Crippen molar-refractivity contribution < 1.29 is 24.2 Å². The van der Waals surface area contributed by atoms with Crippen LogP contribution in [0.1, 0.15) is 48.6 Å². The van der Waals surface area contributed by atoms with Crippen LogP contribution in [0.15, 0.2) is 72.6 Å². The average molecular weight is 485 g/mol. The number of carbonyl (C=O) groups excluding carboxylic acids is 2. The van der Waals surface area contributed by atoms with E-state index < -0.39 is 17.7 Å². The lowest BCUT2D eigenvalue weighted by Gasteiger charge is -2.25. The highest BCUT2D eigenvalue weighted by Crippen LogP contribution is 2.42. The second-order valence-corrected chi connectivity index (χ2v) is 9.16. The number of aromatic nitrogens is 1. The van der Waals surface area contributed by atoms with Crippen LogP contribution in [0.2, 0.25) is 0 Å². The number of benzene rings is 2. The summed E-state index contributed by atoms with van der Waals surface area (Å²) in [7, 11) is 0. The molecule has 0 bridgehead atoms. The van der Waals surface area contributed by atoms with Crippen LogP contribution in [0.3, 0.4) is 0 Å². The summed E-state index contributed by atoms with van der Waals surface area (Å²) in [6.07, 6.45) is 4.94. The Morgan fingerprint density at radius 3 is 2.81 bits per heavy atom. The van der Waals surface area contributed by atoms with Gasteiger partial charge in [-0.25, -0.2) is 0 Å². The standard InChI is InChI=1S/C29H28N2O5/c1-3-12-35-23-8-4-7-20(15-23)26-25(27(32)21-9-10-24-22(14-21)13-18(2)36-24)28(33)29(34)31(26)17-19-6-5-11-30-16-19/h4-11,14-16,18,26,32H,3,12-13,17H2,1-2H3/t18-,26+/m1/s1. The number of hydrogen-bond acceptors (Lipinski definition) is 6. The molecule has 0 saturated carbocycles. The first-order valence-electron chi connectivity index (χ1n) is 12.2. The highest BCUT2D eigenvalue weighted by Gasteiger charge is 2.46. The number of nitrogens with zero attached hydrogens (tertiary/aromatic N) is 2. The van der Waals surface area contributed by atoms with Gasteiger partial charge in [-0.05, 0) is 66.4 Å². The van der Waals surface area contributed by atoms with E-state index in [1.165, 1.54) is 4.90 Å². The minimum absolute atomic E-state index is 0.0494. The Kier molecular flexibility index (Phi) is 6.46. The molecule has 1 amide bonds. The molecule has 1 fully saturated rings. The van der Waals surface area contributed by atoms with Gasteiger partial charge in [0.15, 0.2) is 0 Å². The SMILES string of the molecule is CCCOc1cccc([C@H]2C(=C(O)c3ccc4c(c3)C[C@@H](C)O4)C(=O)C(=O)N2Cc2cccnc2)c1. The maximum absolute atomic E-state index is 13.4. The van der Waals surface area contributed by atoms with Crippen molar-refractivity contribution in [2.45, 2.75) is 45.4 Å². The number of carbonyl (C=O) groups is 2. The van der Waals surface area contributed by atoms with Gasteiger partial charge in [0.1, 0.15) is 23.4 Å². The van der Waals surface area contributed by atoms with Gasteiger partial charge in [0.25, 0.3) is 11.7 Å². The third kappa shape index (κ3) is 4.44. The summed E-state index contributed by atoms with van der Waals surface area (Å²) in [5.74, 6) is -0.164. The fourth-order valence-electron chi connectivity index (χ4n) is 4.80. The lowest BCUT2D eigenvalue weighted by molar-refractivity contribution is -0.140. The molecule has 3 heterocycles. The zero-order valence-electron chi connectivity index (χ0n) is 20.3. The van der Waals surface area contributed by atoms with Gasteiger partial charge in [0, 0.05) is 30.9 Å². The van der Waals surface area contributed by atoms with E-state index in [9.17, 15) is 14.7 Å². The van der Waals surface area contributed by atoms with Gasteiger partial charge in [-0.15, -0.1) is 0 Å². The zero-order valence-corrected chi connectivity index (χ0v) is 20.3. The van der Waals surface area contributed by atoms with E-state index in [4.69, 9.17) is 9.47 Å². The quantitative estimate of drug-likeness (QED) is 0.294. The first kappa shape index (κ1) is 23.6. The number of amides is 1. The molecule has 3 aromatic rings. The van der Waals surface area contributed by atoms with E-state index in [-0.39, 0.29) is 24.0 Å². The molecule has 0 spiro atoms. The lowest BCUT2D eigenvalue weighted by atomic mass is 9.94. The van der Waals surface area contributed by atoms with Crippen molar-refractivity contribution in [3.63, 3.8) is 0 Å². The summed E-state index contributed by atoms with van der Waals surface area (Å²) in [5, 5.41) is 11.4. The van der Waals surface area contributed by atoms with Crippen molar-refractivity contribution in [3.05, 3.63) is 94.8 Å². The minimum Gasteiger partial charge on any atom is -0.507 e. The van der Waals surface area contributed by atoms with E-state index in [0.717, 1.165) is 23.3 Å². The van der Waals surface area contributed by atoms with Crippen LogP contribution in [0.25, 0.3) is 5.76 Å². The number of rotatable bonds is 7. The molecule has 2 atom stereocenters. The normalized spacial score (nSPS) is 20.3. The average Bonchev–Trinajstić information content (AvgIpc) is 3.39. The van der Waals surface area contributed by atoms with E-state index in [2.05, 4.69) is 4.98 Å². The van der Waals surface area contributed by atoms with E-state index in [1.54, 1.807) is 30.6 Å². The molecule has 5 rings (SSSR count). The fourth-order valence-corrected chi connectivity index (χ4v) is 4.80. The first-order chi connectivity index (χ1) is 17.5. The van der Waals surface area contributed by atoms with Gasteiger partial charge < -0.3 is 19.5 Å². The Balaban J connectivity index is 1.61. The number of aliphatic hydroxyl groups excluding tert-OH is 1. The first-order valence-corrected chi connectivity index (χ1v) is 12.2. The molecule has 2 aliphatic rings. The minimum atomic E-state index is -0.779. The van der Waals surface area contributed by atoms with Crippen molar-refractivity contribution in [2.75, 3.05) is 6.61 Å². The number of likely N-dealkylation sites (tertiary alicyclic amines) is 1. The summed E-state index contributed by atoms with van der Waals surface area (Å²) < 4.78 is 11.6.